The number of nitrogens with zero attached hydrogens (tertiary/aromatic N) is 2. The van der Waals surface area contributed by atoms with E-state index in [9.17, 15) is 54.8 Å². The summed E-state index contributed by atoms with van der Waals surface area (Å²) in [5.41, 5.74) is -11.9. The first kappa shape index (κ1) is 24.5. The zero-order valence-electron chi connectivity index (χ0n) is 12.1. The average molecular weight is 481 g/mol. The van der Waals surface area contributed by atoms with Crippen molar-refractivity contribution in [2.75, 3.05) is 5.75 Å². The molecule has 164 valence electrons. The lowest BCUT2D eigenvalue weighted by molar-refractivity contribution is -0.0433. The van der Waals surface area contributed by atoms with Crippen molar-refractivity contribution in [2.24, 2.45) is 0 Å². The van der Waals surface area contributed by atoms with Crippen molar-refractivity contribution >= 4 is 31.2 Å². The van der Waals surface area contributed by atoms with Crippen molar-refractivity contribution < 1.29 is 54.8 Å². The van der Waals surface area contributed by atoms with Crippen molar-refractivity contribution in [3.05, 3.63) is 9.44 Å². The van der Waals surface area contributed by atoms with E-state index in [1.807, 2.05) is 0 Å². The summed E-state index contributed by atoms with van der Waals surface area (Å²) in [4.78, 5) is 0. The summed E-state index contributed by atoms with van der Waals surface area (Å²) in [5, 5.41) is 4.63. The largest absolute Gasteiger partial charge is 0.514 e. The molecule has 0 bridgehead atoms. The number of sulfonamides is 2. The molecule has 0 aromatic heterocycles. The highest BCUT2D eigenvalue weighted by Crippen LogP contribution is 2.53. The molecule has 9 nitrogen and oxygen atoms in total. The predicted octanol–water partition coefficient (Wildman–Crippen LogP) is 1.57. The van der Waals surface area contributed by atoms with Crippen molar-refractivity contribution in [3.63, 3.8) is 0 Å². The Kier molecular flexibility index (Phi) is 6.96. The van der Waals surface area contributed by atoms with Gasteiger partial charge in [-0.05, 0) is 12.6 Å². The van der Waals surface area contributed by atoms with Crippen LogP contribution in [0.4, 0.5) is 38.0 Å². The Morgan fingerprint density at radius 1 is 0.704 bits per heavy atom. The van der Waals surface area contributed by atoms with Gasteiger partial charge >= 0.3 is 11.0 Å². The molecule has 0 amide bonds. The maximum atomic E-state index is 12.5. The van der Waals surface area contributed by atoms with Gasteiger partial charge in [-0.2, -0.15) is 26.3 Å². The zero-order valence-corrected chi connectivity index (χ0v) is 14.5. The molecule has 0 radical (unpaired) electrons. The van der Waals surface area contributed by atoms with Crippen LogP contribution in [0.25, 0.3) is 9.44 Å². The van der Waals surface area contributed by atoms with Crippen molar-refractivity contribution in [3.8, 4) is 0 Å². The lowest BCUT2D eigenvalue weighted by atomic mass is 10.4. The van der Waals surface area contributed by atoms with Crippen molar-refractivity contribution in [1.29, 1.82) is 0 Å². The Morgan fingerprint density at radius 2 is 1.04 bits per heavy atom. The van der Waals surface area contributed by atoms with E-state index in [0.717, 1.165) is 0 Å². The molecule has 1 rings (SSSR count). The van der Waals surface area contributed by atoms with E-state index in [1.165, 1.54) is 5.32 Å². The fourth-order valence-electron chi connectivity index (χ4n) is 1.48. The molecule has 0 spiro atoms. The number of rotatable bonds is 6. The molecular formula is C6H8F9N5O4S3-2. The molecule has 0 aliphatic carbocycles. The normalized spacial score (nSPS) is 26.8. The van der Waals surface area contributed by atoms with Gasteiger partial charge in [-0.1, -0.05) is 0 Å². The third-order valence-electron chi connectivity index (χ3n) is 2.46. The Hall–Kier alpha value is -0.580. The van der Waals surface area contributed by atoms with Crippen LogP contribution in [0.1, 0.15) is 0 Å². The monoisotopic (exact) mass is 481 g/mol. The van der Waals surface area contributed by atoms with Gasteiger partial charge in [0.25, 0.3) is 0 Å². The van der Waals surface area contributed by atoms with Gasteiger partial charge in [-0.3, -0.25) is 0 Å². The number of nitrogens with one attached hydrogen (secondary N) is 3. The molecule has 2 unspecified atom stereocenters. The highest BCUT2D eigenvalue weighted by molar-refractivity contribution is 8.20. The Morgan fingerprint density at radius 3 is 1.30 bits per heavy atom. The van der Waals surface area contributed by atoms with E-state index >= 15 is 0 Å². The molecule has 1 fully saturated rings. The highest BCUT2D eigenvalue weighted by Gasteiger charge is 2.42. The molecule has 1 aliphatic heterocycles. The minimum Gasteiger partial charge on any atom is -0.514 e. The van der Waals surface area contributed by atoms with E-state index in [4.69, 9.17) is 0 Å². The summed E-state index contributed by atoms with van der Waals surface area (Å²) in [5.74, 6) is -1.86. The maximum absolute atomic E-state index is 12.5. The molecular weight excluding hydrogens is 473 g/mol. The summed E-state index contributed by atoms with van der Waals surface area (Å²) in [6.07, 6.45) is -7.29. The molecule has 0 aromatic carbocycles. The fraction of sp³-hybridized carbons (Fsp3) is 1.00. The summed E-state index contributed by atoms with van der Waals surface area (Å²) in [7, 11) is -12.6. The van der Waals surface area contributed by atoms with Crippen LogP contribution in [0.3, 0.4) is 0 Å². The van der Waals surface area contributed by atoms with Crippen LogP contribution >= 0.6 is 11.2 Å². The van der Waals surface area contributed by atoms with Crippen LogP contribution in [-0.2, 0) is 20.0 Å². The first-order chi connectivity index (χ1) is 11.7. The Labute approximate surface area is 147 Å². The molecule has 0 saturated carbocycles. The molecule has 2 atom stereocenters. The molecule has 1 saturated heterocycles. The molecule has 0 aromatic rings. The Bertz CT molecular complexity index is 679. The maximum Gasteiger partial charge on any atom is 0.480 e. The van der Waals surface area contributed by atoms with Gasteiger partial charge in [0.1, 0.15) is 0 Å². The standard InChI is InChI=1S/C6H8F9N5O4S3/c7-5(8,9)26(21,22)19-3-16-2(1-25(13,14)15)17-4(18-3)20-27(23,24)6(10,11)12/h2-4,16-18H,1H2/q-2. The molecule has 27 heavy (non-hydrogen) atoms. The van der Waals surface area contributed by atoms with Crippen LogP contribution in [0.2, 0.25) is 0 Å². The van der Waals surface area contributed by atoms with Crippen LogP contribution in [0.15, 0.2) is 0 Å². The van der Waals surface area contributed by atoms with Gasteiger partial charge in [-0.15, -0.1) is 11.7 Å². The highest BCUT2D eigenvalue weighted by atomic mass is 32.3. The molecule has 21 heteroatoms. The summed E-state index contributed by atoms with van der Waals surface area (Å²) in [6, 6.07) is 0. The Balaban J connectivity index is 3.05. The third-order valence-corrected chi connectivity index (χ3v) is 5.32. The number of alkyl halides is 6. The summed E-state index contributed by atoms with van der Waals surface area (Å²) < 4.78 is 159. The lowest BCUT2D eigenvalue weighted by Gasteiger charge is -2.49. The second kappa shape index (κ2) is 7.68. The van der Waals surface area contributed by atoms with E-state index in [2.05, 4.69) is 9.44 Å². The minimum atomic E-state index is -6.28. The quantitative estimate of drug-likeness (QED) is 0.491. The van der Waals surface area contributed by atoms with Crippen LogP contribution in [0, 0.1) is 0 Å². The van der Waals surface area contributed by atoms with Crippen LogP contribution in [-0.4, -0.2) is 52.4 Å². The molecule has 1 aliphatic rings. The summed E-state index contributed by atoms with van der Waals surface area (Å²) >= 11 is -5.89. The smallest absolute Gasteiger partial charge is 0.480 e. The topological polar surface area (TPSA) is 133 Å². The zero-order chi connectivity index (χ0) is 21.5. The van der Waals surface area contributed by atoms with Gasteiger partial charge in [0, 0.05) is 0 Å². The summed E-state index contributed by atoms with van der Waals surface area (Å²) in [6.45, 7) is 0. The van der Waals surface area contributed by atoms with Crippen LogP contribution in [0.5, 0.6) is 0 Å². The van der Waals surface area contributed by atoms with Crippen LogP contribution < -0.4 is 16.0 Å². The van der Waals surface area contributed by atoms with Gasteiger partial charge in [-0.25, -0.2) is 16.8 Å². The first-order valence-corrected chi connectivity index (χ1v) is 10.4. The van der Waals surface area contributed by atoms with E-state index in [0.29, 0.717) is 0 Å². The van der Waals surface area contributed by atoms with Crippen molar-refractivity contribution in [2.45, 2.75) is 29.8 Å². The number of halogens is 9. The second-order valence-corrected chi connectivity index (χ2v) is 9.16. The number of hydrogen-bond acceptors (Lipinski definition) is 7. The van der Waals surface area contributed by atoms with Gasteiger partial charge in [0.05, 0.1) is 11.9 Å². The van der Waals surface area contributed by atoms with Gasteiger partial charge in [0.15, 0.2) is 20.0 Å². The van der Waals surface area contributed by atoms with E-state index in [1.54, 1.807) is 10.6 Å². The molecule has 3 N–H and O–H groups in total. The van der Waals surface area contributed by atoms with Gasteiger partial charge < -0.3 is 25.4 Å². The van der Waals surface area contributed by atoms with Crippen molar-refractivity contribution in [1.82, 2.24) is 16.0 Å². The average Bonchev–Trinajstić information content (AvgIpc) is 2.31. The fourth-order valence-corrected chi connectivity index (χ4v) is 3.09. The minimum absolute atomic E-state index is 1.45. The van der Waals surface area contributed by atoms with E-state index < -0.39 is 66.7 Å². The van der Waals surface area contributed by atoms with Gasteiger partial charge in [0.2, 0.25) is 11.2 Å². The third kappa shape index (κ3) is 7.07. The van der Waals surface area contributed by atoms with E-state index in [-0.39, 0.29) is 0 Å². The first-order valence-electron chi connectivity index (χ1n) is 5.98. The lowest BCUT2D eigenvalue weighted by Crippen LogP contribution is -2.68. The number of hydrogen-bond donors (Lipinski definition) is 3. The predicted molar refractivity (Wildman–Crippen MR) is 73.2 cm³/mol. The SMILES string of the molecule is O=S(=O)([N-]C1NC(CS(F)(F)F)NC([N-]S(=O)(=O)C(F)(F)F)N1)C(F)(F)F. The second-order valence-electron chi connectivity index (χ2n) is 4.58. The molecule has 1 heterocycles.